The summed E-state index contributed by atoms with van der Waals surface area (Å²) in [5.41, 5.74) is 0. The predicted octanol–water partition coefficient (Wildman–Crippen LogP) is 8.71. The maximum absolute atomic E-state index is 2.58. The van der Waals surface area contributed by atoms with Crippen molar-refractivity contribution in [3.63, 3.8) is 0 Å². The van der Waals surface area contributed by atoms with E-state index in [1.54, 1.807) is 0 Å². The van der Waals surface area contributed by atoms with Gasteiger partial charge in [-0.15, -0.1) is 5.28 Å². The summed E-state index contributed by atoms with van der Waals surface area (Å²) in [4.78, 5) is 5.15. The van der Waals surface area contributed by atoms with Crippen molar-refractivity contribution in [1.29, 1.82) is 0 Å². The molecular weight excluding hydrogens is 418 g/mol. The Labute approximate surface area is 219 Å². The fraction of sp³-hybridized carbons (Fsp3) is 1.00. The monoisotopic (exact) mass is 482 g/mol. The van der Waals surface area contributed by atoms with Gasteiger partial charge in [0.15, 0.2) is 0 Å². The van der Waals surface area contributed by atoms with Crippen LogP contribution < -0.4 is 0 Å². The third-order valence-corrected chi connectivity index (χ3v) is 9.75. The van der Waals surface area contributed by atoms with E-state index < -0.39 is 0 Å². The summed E-state index contributed by atoms with van der Waals surface area (Å²) in [6, 6.07) is 0. The van der Waals surface area contributed by atoms with E-state index in [4.69, 9.17) is 0 Å². The molecule has 2 aliphatic heterocycles. The fourth-order valence-corrected chi connectivity index (χ4v) is 5.37. The minimum Gasteiger partial charge on any atom is -0.303 e. The molecule has 2 nitrogen and oxygen atoms in total. The zero-order chi connectivity index (χ0) is 24.9. The number of hydrogen-bond acceptors (Lipinski definition) is 2. The van der Waals surface area contributed by atoms with E-state index in [2.05, 4.69) is 81.5 Å². The zero-order valence-electron chi connectivity index (χ0n) is 24.2. The van der Waals surface area contributed by atoms with Crippen molar-refractivity contribution < 1.29 is 0 Å². The summed E-state index contributed by atoms with van der Waals surface area (Å²) >= 11 is 2.41. The van der Waals surface area contributed by atoms with E-state index in [9.17, 15) is 0 Å². The lowest BCUT2D eigenvalue weighted by atomic mass is 10.3. The van der Waals surface area contributed by atoms with Crippen molar-refractivity contribution in [2.24, 2.45) is 0 Å². The molecule has 32 heavy (non-hydrogen) atoms. The molecule has 0 saturated carbocycles. The zero-order valence-corrected chi connectivity index (χ0v) is 26.5. The first-order valence-electron chi connectivity index (χ1n) is 14.7. The van der Waals surface area contributed by atoms with Gasteiger partial charge < -0.3 is 9.80 Å². The Morgan fingerprint density at radius 3 is 0.969 bits per heavy atom. The molecule has 0 aromatic carbocycles. The van der Waals surface area contributed by atoms with E-state index in [0.717, 1.165) is 0 Å². The SMILES string of the molecule is CCCC.CCCCN1CCCC1.CCCCN1CCCC1.C[CH2][Al].C[CH2][Al]([CH2]C)[CH2]C. The first-order chi connectivity index (χ1) is 15.5. The van der Waals surface area contributed by atoms with Crippen molar-refractivity contribution in [2.45, 2.75) is 141 Å². The van der Waals surface area contributed by atoms with Crippen molar-refractivity contribution in [2.75, 3.05) is 39.3 Å². The highest BCUT2D eigenvalue weighted by atomic mass is 27.2. The lowest BCUT2D eigenvalue weighted by molar-refractivity contribution is 0.332. The van der Waals surface area contributed by atoms with Crippen LogP contribution in [0.15, 0.2) is 0 Å². The van der Waals surface area contributed by atoms with E-state index in [1.807, 2.05) is 0 Å². The third kappa shape index (κ3) is 31.0. The van der Waals surface area contributed by atoms with Crippen LogP contribution in [0.4, 0.5) is 0 Å². The van der Waals surface area contributed by atoms with Crippen molar-refractivity contribution in [1.82, 2.24) is 9.80 Å². The van der Waals surface area contributed by atoms with Crippen LogP contribution in [0.2, 0.25) is 21.1 Å². The maximum atomic E-state index is 2.58. The van der Waals surface area contributed by atoms with E-state index in [0.29, 0.717) is 0 Å². The molecular formula is C28H64Al2N2. The molecule has 0 aromatic heterocycles. The number of unbranched alkanes of at least 4 members (excludes halogenated alkanes) is 3. The third-order valence-electron chi connectivity index (χ3n) is 6.29. The minimum atomic E-state index is -0.171. The molecule has 2 aliphatic rings. The van der Waals surface area contributed by atoms with Crippen molar-refractivity contribution in [3.05, 3.63) is 0 Å². The first-order valence-corrected chi connectivity index (χ1v) is 18.0. The molecule has 0 amide bonds. The summed E-state index contributed by atoms with van der Waals surface area (Å²) in [6.07, 6.45) is 13.8. The van der Waals surface area contributed by atoms with Crippen molar-refractivity contribution in [3.8, 4) is 0 Å². The number of nitrogens with zero attached hydrogens (tertiary/aromatic N) is 2. The highest BCUT2D eigenvalue weighted by molar-refractivity contribution is 6.58. The Hall–Kier alpha value is 0.985. The van der Waals surface area contributed by atoms with Gasteiger partial charge in [-0.3, -0.25) is 0 Å². The van der Waals surface area contributed by atoms with Gasteiger partial charge in [0, 0.05) is 0 Å². The van der Waals surface area contributed by atoms with Crippen molar-refractivity contribution >= 4 is 30.4 Å². The number of rotatable bonds is 10. The molecule has 0 unspecified atom stereocenters. The Morgan fingerprint density at radius 1 is 0.531 bits per heavy atom. The van der Waals surface area contributed by atoms with E-state index in [-0.39, 0.29) is 14.1 Å². The predicted molar refractivity (Wildman–Crippen MR) is 155 cm³/mol. The number of likely N-dealkylation sites (tertiary alicyclic amines) is 2. The molecule has 2 rings (SSSR count). The number of hydrogen-bond donors (Lipinski definition) is 0. The van der Waals surface area contributed by atoms with Crippen LogP contribution in [-0.4, -0.2) is 79.5 Å². The van der Waals surface area contributed by atoms with Gasteiger partial charge in [-0.2, -0.15) is 0 Å². The molecule has 0 N–H and O–H groups in total. The van der Waals surface area contributed by atoms with Crippen LogP contribution in [-0.2, 0) is 0 Å². The molecule has 2 heterocycles. The largest absolute Gasteiger partial charge is 0.303 e. The van der Waals surface area contributed by atoms with Gasteiger partial charge in [0.1, 0.15) is 16.3 Å². The normalized spacial score (nSPS) is 15.2. The summed E-state index contributed by atoms with van der Waals surface area (Å²) in [5.74, 6) is 0. The Bertz CT molecular complexity index is 260. The smallest absolute Gasteiger partial charge is 0.261 e. The van der Waals surface area contributed by atoms with Crippen LogP contribution in [0.25, 0.3) is 0 Å². The lowest BCUT2D eigenvalue weighted by Gasteiger charge is -2.12. The minimum absolute atomic E-state index is 0.171. The average molecular weight is 483 g/mol. The average Bonchev–Trinajstić information content (AvgIpc) is 3.53. The highest BCUT2D eigenvalue weighted by Gasteiger charge is 2.09. The van der Waals surface area contributed by atoms with Crippen LogP contribution in [0, 0.1) is 0 Å². The molecule has 0 aliphatic carbocycles. The maximum Gasteiger partial charge on any atom is 0.261 e. The lowest BCUT2D eigenvalue weighted by Crippen LogP contribution is -2.19. The second-order valence-electron chi connectivity index (χ2n) is 9.30. The summed E-state index contributed by atoms with van der Waals surface area (Å²) in [7, 11) is 0. The highest BCUT2D eigenvalue weighted by Crippen LogP contribution is 2.08. The van der Waals surface area contributed by atoms with Crippen LogP contribution in [0.3, 0.4) is 0 Å². The van der Waals surface area contributed by atoms with Gasteiger partial charge in [0.05, 0.1) is 0 Å². The second-order valence-corrected chi connectivity index (χ2v) is 14.3. The second kappa shape index (κ2) is 34.2. The molecule has 0 spiro atoms. The molecule has 192 valence electrons. The summed E-state index contributed by atoms with van der Waals surface area (Å²) in [6.45, 7) is 26.1. The topological polar surface area (TPSA) is 6.48 Å². The van der Waals surface area contributed by atoms with Gasteiger partial charge in [-0.25, -0.2) is 0 Å². The Morgan fingerprint density at radius 2 is 0.812 bits per heavy atom. The van der Waals surface area contributed by atoms with Crippen LogP contribution in [0.5, 0.6) is 0 Å². The molecule has 0 bridgehead atoms. The Balaban J connectivity index is -0.000000348. The van der Waals surface area contributed by atoms with E-state index in [1.165, 1.54) is 125 Å². The van der Waals surface area contributed by atoms with Gasteiger partial charge in [-0.05, 0) is 77.8 Å². The molecule has 0 aromatic rings. The van der Waals surface area contributed by atoms with Crippen LogP contribution in [0.1, 0.15) is 120 Å². The summed E-state index contributed by atoms with van der Waals surface area (Å²) in [5, 5.41) is 5.65. The fourth-order valence-electron chi connectivity index (χ4n) is 3.64. The van der Waals surface area contributed by atoms with Gasteiger partial charge in [-0.1, -0.05) is 96.9 Å². The molecule has 2 fully saturated rings. The van der Waals surface area contributed by atoms with Crippen LogP contribution >= 0.6 is 0 Å². The molecule has 0 atom stereocenters. The van der Waals surface area contributed by atoms with Gasteiger partial charge in [0.2, 0.25) is 0 Å². The standard InChI is InChI=1S/2C8H17N.C4H10.4C2H5.2Al/c2*1-2-3-6-9-7-4-5-8-9;1-3-4-2;4*1-2;;/h2*2-8H2,1H3;3-4H2,1-2H3;4*1H2,2H3;;. The molecule has 4 heteroatoms. The summed E-state index contributed by atoms with van der Waals surface area (Å²) < 4.78 is 0. The first kappa shape index (κ1) is 37.5. The quantitative estimate of drug-likeness (QED) is 0.287. The Kier molecular flexibility index (Phi) is 40.1. The van der Waals surface area contributed by atoms with E-state index >= 15 is 0 Å². The molecule has 2 radical (unpaired) electrons. The van der Waals surface area contributed by atoms with Gasteiger partial charge >= 0.3 is 0 Å². The molecule has 2 saturated heterocycles. The van der Waals surface area contributed by atoms with Gasteiger partial charge in [0.25, 0.3) is 14.1 Å².